The molecule has 0 saturated heterocycles. The van der Waals surface area contributed by atoms with Crippen LogP contribution in [0.25, 0.3) is 22.3 Å². The molecule has 0 unspecified atom stereocenters. The molecule has 0 atom stereocenters. The number of rotatable bonds is 8. The van der Waals surface area contributed by atoms with Crippen LogP contribution in [0.2, 0.25) is 0 Å². The highest BCUT2D eigenvalue weighted by molar-refractivity contribution is 5.77. The molecule has 0 aromatic heterocycles. The molecule has 0 saturated carbocycles. The number of aryl methyl sites for hydroxylation is 1. The fourth-order valence-electron chi connectivity index (χ4n) is 3.53. The monoisotopic (exact) mass is 438 g/mol. The highest BCUT2D eigenvalue weighted by Crippen LogP contribution is 2.34. The summed E-state index contributed by atoms with van der Waals surface area (Å²) in [6.07, 6.45) is 0. The first-order chi connectivity index (χ1) is 16.1. The third-order valence-electron chi connectivity index (χ3n) is 5.30. The second-order valence-electron chi connectivity index (χ2n) is 7.76. The maximum atomic E-state index is 12.2. The summed E-state index contributed by atoms with van der Waals surface area (Å²) in [6, 6.07) is 32.0. The largest absolute Gasteiger partial charge is 0.493 e. The van der Waals surface area contributed by atoms with Crippen molar-refractivity contribution >= 4 is 5.97 Å². The lowest BCUT2D eigenvalue weighted by atomic mass is 9.98. The van der Waals surface area contributed by atoms with Crippen molar-refractivity contribution in [3.63, 3.8) is 0 Å². The van der Waals surface area contributed by atoms with Gasteiger partial charge in [0.1, 0.15) is 6.61 Å². The topological polar surface area (TPSA) is 44.8 Å². The molecule has 4 nitrogen and oxygen atoms in total. The van der Waals surface area contributed by atoms with Crippen molar-refractivity contribution in [3.05, 3.63) is 108 Å². The Kier molecular flexibility index (Phi) is 7.18. The van der Waals surface area contributed by atoms with Crippen LogP contribution < -0.4 is 9.47 Å². The first-order valence-electron chi connectivity index (χ1n) is 10.8. The summed E-state index contributed by atoms with van der Waals surface area (Å²) in [7, 11) is 1.56. The Morgan fingerprint density at radius 1 is 0.697 bits per heavy atom. The quantitative estimate of drug-likeness (QED) is 0.234. The van der Waals surface area contributed by atoms with E-state index in [1.165, 1.54) is 5.56 Å². The zero-order valence-electron chi connectivity index (χ0n) is 18.8. The predicted molar refractivity (Wildman–Crippen MR) is 130 cm³/mol. The predicted octanol–water partition coefficient (Wildman–Crippen LogP) is 6.46. The number of carbonyl (C=O) groups is 1. The Hall–Kier alpha value is -3.89. The van der Waals surface area contributed by atoms with Crippen molar-refractivity contribution in [1.29, 1.82) is 0 Å². The number of carbonyl (C=O) groups excluding carboxylic acids is 1. The van der Waals surface area contributed by atoms with Crippen molar-refractivity contribution in [2.24, 2.45) is 0 Å². The van der Waals surface area contributed by atoms with Crippen LogP contribution in [0.1, 0.15) is 11.1 Å². The maximum absolute atomic E-state index is 12.2. The van der Waals surface area contributed by atoms with E-state index in [0.29, 0.717) is 18.1 Å². The van der Waals surface area contributed by atoms with Gasteiger partial charge in [-0.05, 0) is 52.9 Å². The summed E-state index contributed by atoms with van der Waals surface area (Å²) < 4.78 is 16.4. The van der Waals surface area contributed by atoms with Crippen LogP contribution in [0.15, 0.2) is 97.1 Å². The molecule has 0 radical (unpaired) electrons. The van der Waals surface area contributed by atoms with Gasteiger partial charge < -0.3 is 14.2 Å². The van der Waals surface area contributed by atoms with E-state index in [4.69, 9.17) is 14.2 Å². The van der Waals surface area contributed by atoms with Gasteiger partial charge in [-0.2, -0.15) is 0 Å². The molecule has 166 valence electrons. The molecule has 4 aromatic carbocycles. The van der Waals surface area contributed by atoms with E-state index in [1.807, 2.05) is 48.5 Å². The summed E-state index contributed by atoms with van der Waals surface area (Å²) in [5.41, 5.74) is 6.56. The summed E-state index contributed by atoms with van der Waals surface area (Å²) in [5, 5.41) is 0. The summed E-state index contributed by atoms with van der Waals surface area (Å²) >= 11 is 0. The fraction of sp³-hybridized carbons (Fsp3) is 0.138. The van der Waals surface area contributed by atoms with Crippen LogP contribution in [-0.4, -0.2) is 19.7 Å². The Morgan fingerprint density at radius 3 is 2.09 bits per heavy atom. The standard InChI is InChI=1S/C29H26O4/c1-21-11-13-23(14-12-21)24-9-6-10-25(17-24)26-15-16-27(28(18-26)31-2)33-29(30)20-32-19-22-7-4-3-5-8-22/h3-18H,19-20H2,1-2H3. The minimum absolute atomic E-state index is 0.140. The number of benzene rings is 4. The van der Waals surface area contributed by atoms with Crippen LogP contribution in [0.5, 0.6) is 11.5 Å². The Labute approximate surface area is 194 Å². The fourth-order valence-corrected chi connectivity index (χ4v) is 3.53. The Bertz CT molecular complexity index is 1210. The molecule has 0 N–H and O–H groups in total. The molecule has 0 fully saturated rings. The van der Waals surface area contributed by atoms with Gasteiger partial charge in [-0.15, -0.1) is 0 Å². The highest BCUT2D eigenvalue weighted by Gasteiger charge is 2.12. The normalized spacial score (nSPS) is 10.6. The van der Waals surface area contributed by atoms with E-state index < -0.39 is 5.97 Å². The Balaban J connectivity index is 1.45. The Morgan fingerprint density at radius 2 is 1.36 bits per heavy atom. The van der Waals surface area contributed by atoms with Crippen LogP contribution in [0, 0.1) is 6.92 Å². The average molecular weight is 439 g/mol. The van der Waals surface area contributed by atoms with Crippen molar-refractivity contribution < 1.29 is 19.0 Å². The smallest absolute Gasteiger partial charge is 0.337 e. The summed E-state index contributed by atoms with van der Waals surface area (Å²) in [4.78, 5) is 12.2. The number of hydrogen-bond donors (Lipinski definition) is 0. The van der Waals surface area contributed by atoms with Gasteiger partial charge in [-0.25, -0.2) is 4.79 Å². The molecular weight excluding hydrogens is 412 g/mol. The SMILES string of the molecule is COc1cc(-c2cccc(-c3ccc(C)cc3)c2)ccc1OC(=O)COCc1ccccc1. The van der Waals surface area contributed by atoms with Gasteiger partial charge in [-0.1, -0.05) is 84.4 Å². The van der Waals surface area contributed by atoms with E-state index >= 15 is 0 Å². The molecule has 0 spiro atoms. The minimum atomic E-state index is -0.474. The van der Waals surface area contributed by atoms with Gasteiger partial charge in [-0.3, -0.25) is 0 Å². The van der Waals surface area contributed by atoms with Crippen molar-refractivity contribution in [1.82, 2.24) is 0 Å². The zero-order chi connectivity index (χ0) is 23.0. The van der Waals surface area contributed by atoms with Gasteiger partial charge in [0, 0.05) is 0 Å². The van der Waals surface area contributed by atoms with Crippen molar-refractivity contribution in [2.75, 3.05) is 13.7 Å². The van der Waals surface area contributed by atoms with Gasteiger partial charge in [0.2, 0.25) is 0 Å². The number of hydrogen-bond acceptors (Lipinski definition) is 4. The molecule has 4 heteroatoms. The lowest BCUT2D eigenvalue weighted by molar-refractivity contribution is -0.140. The average Bonchev–Trinajstić information content (AvgIpc) is 2.85. The first-order valence-corrected chi connectivity index (χ1v) is 10.8. The van der Waals surface area contributed by atoms with E-state index in [0.717, 1.165) is 27.8 Å². The molecule has 0 aliphatic rings. The summed E-state index contributed by atoms with van der Waals surface area (Å²) in [5.74, 6) is 0.382. The van der Waals surface area contributed by atoms with Crippen molar-refractivity contribution in [3.8, 4) is 33.8 Å². The van der Waals surface area contributed by atoms with Crippen LogP contribution >= 0.6 is 0 Å². The zero-order valence-corrected chi connectivity index (χ0v) is 18.8. The van der Waals surface area contributed by atoms with E-state index in [9.17, 15) is 4.79 Å². The molecule has 0 aliphatic carbocycles. The lowest BCUT2D eigenvalue weighted by Gasteiger charge is -2.12. The highest BCUT2D eigenvalue weighted by atomic mass is 16.6. The van der Waals surface area contributed by atoms with E-state index in [1.54, 1.807) is 13.2 Å². The van der Waals surface area contributed by atoms with E-state index in [2.05, 4.69) is 49.4 Å². The second-order valence-corrected chi connectivity index (χ2v) is 7.76. The van der Waals surface area contributed by atoms with Crippen LogP contribution in [-0.2, 0) is 16.1 Å². The molecule has 33 heavy (non-hydrogen) atoms. The van der Waals surface area contributed by atoms with Gasteiger partial charge >= 0.3 is 5.97 Å². The van der Waals surface area contributed by atoms with E-state index in [-0.39, 0.29) is 6.61 Å². The molecule has 0 aliphatic heterocycles. The van der Waals surface area contributed by atoms with Crippen LogP contribution in [0.3, 0.4) is 0 Å². The molecule has 4 aromatic rings. The molecular formula is C29H26O4. The second kappa shape index (κ2) is 10.6. The third kappa shape index (κ3) is 5.88. The number of ether oxygens (including phenoxy) is 3. The third-order valence-corrected chi connectivity index (χ3v) is 5.30. The first kappa shape index (κ1) is 22.3. The minimum Gasteiger partial charge on any atom is -0.493 e. The summed E-state index contributed by atoms with van der Waals surface area (Å²) in [6.45, 7) is 2.29. The van der Waals surface area contributed by atoms with Gasteiger partial charge in [0.25, 0.3) is 0 Å². The van der Waals surface area contributed by atoms with Crippen molar-refractivity contribution in [2.45, 2.75) is 13.5 Å². The van der Waals surface area contributed by atoms with Gasteiger partial charge in [0.05, 0.1) is 13.7 Å². The molecule has 4 rings (SSSR count). The lowest BCUT2D eigenvalue weighted by Crippen LogP contribution is -2.16. The van der Waals surface area contributed by atoms with Crippen LogP contribution in [0.4, 0.5) is 0 Å². The molecule has 0 amide bonds. The number of esters is 1. The number of methoxy groups -OCH3 is 1. The molecule has 0 bridgehead atoms. The molecule has 0 heterocycles. The maximum Gasteiger partial charge on any atom is 0.337 e. The van der Waals surface area contributed by atoms with Gasteiger partial charge in [0.15, 0.2) is 11.5 Å².